The number of nitrogens with zero attached hydrogens (tertiary/aromatic N) is 1. The molecule has 3 rings (SSSR count). The zero-order valence-corrected chi connectivity index (χ0v) is 17.4. The van der Waals surface area contributed by atoms with Crippen molar-refractivity contribution in [1.82, 2.24) is 4.31 Å². The first-order chi connectivity index (χ1) is 13.4. The number of ketones is 1. The van der Waals surface area contributed by atoms with Crippen LogP contribution in [0.25, 0.3) is 0 Å². The van der Waals surface area contributed by atoms with Gasteiger partial charge in [0.1, 0.15) is 0 Å². The van der Waals surface area contributed by atoms with Crippen LogP contribution < -0.4 is 5.32 Å². The fourth-order valence-electron chi connectivity index (χ4n) is 3.21. The molecule has 1 aromatic carbocycles. The summed E-state index contributed by atoms with van der Waals surface area (Å²) in [6.07, 6.45) is 2.96. The van der Waals surface area contributed by atoms with E-state index in [0.29, 0.717) is 29.2 Å². The van der Waals surface area contributed by atoms with E-state index in [2.05, 4.69) is 5.32 Å². The van der Waals surface area contributed by atoms with Gasteiger partial charge in [0.2, 0.25) is 15.9 Å². The molecule has 0 unspecified atom stereocenters. The van der Waals surface area contributed by atoms with Gasteiger partial charge in [-0.25, -0.2) is 8.42 Å². The minimum atomic E-state index is -3.58. The van der Waals surface area contributed by atoms with Crippen LogP contribution in [0, 0.1) is 6.92 Å². The van der Waals surface area contributed by atoms with Crippen molar-refractivity contribution in [2.45, 2.75) is 43.9 Å². The third-order valence-electron chi connectivity index (χ3n) is 4.78. The molecule has 1 fully saturated rings. The van der Waals surface area contributed by atoms with Crippen molar-refractivity contribution in [3.63, 3.8) is 0 Å². The molecule has 1 aliphatic rings. The number of carbonyl (C=O) groups excluding carboxylic acids is 2. The van der Waals surface area contributed by atoms with Gasteiger partial charge in [0, 0.05) is 31.6 Å². The van der Waals surface area contributed by atoms with Gasteiger partial charge in [0.05, 0.1) is 9.77 Å². The summed E-state index contributed by atoms with van der Waals surface area (Å²) in [6, 6.07) is 8.43. The van der Waals surface area contributed by atoms with Crippen molar-refractivity contribution in [3.05, 3.63) is 46.2 Å². The van der Waals surface area contributed by atoms with Crippen LogP contribution in [0.3, 0.4) is 0 Å². The van der Waals surface area contributed by atoms with Gasteiger partial charge in [-0.2, -0.15) is 4.31 Å². The first kappa shape index (κ1) is 20.7. The molecule has 1 aliphatic heterocycles. The fourth-order valence-corrected chi connectivity index (χ4v) is 5.67. The highest BCUT2D eigenvalue weighted by Gasteiger charge is 2.27. The van der Waals surface area contributed by atoms with Crippen LogP contribution in [0.2, 0.25) is 0 Å². The zero-order chi connectivity index (χ0) is 20.1. The minimum absolute atomic E-state index is 0.0544. The van der Waals surface area contributed by atoms with Gasteiger partial charge >= 0.3 is 0 Å². The second-order valence-electron chi connectivity index (χ2n) is 6.89. The molecule has 0 aliphatic carbocycles. The summed E-state index contributed by atoms with van der Waals surface area (Å²) in [6.45, 7) is 2.81. The SMILES string of the molecule is Cc1ccc(NC(=O)CCC(=O)c2cccs2)cc1S(=O)(=O)N1CCCCC1. The van der Waals surface area contributed by atoms with E-state index >= 15 is 0 Å². The maximum atomic E-state index is 13.0. The molecule has 0 atom stereocenters. The summed E-state index contributed by atoms with van der Waals surface area (Å²) in [5.41, 5.74) is 1.08. The third-order valence-corrected chi connectivity index (χ3v) is 7.73. The van der Waals surface area contributed by atoms with E-state index in [1.54, 1.807) is 31.2 Å². The summed E-state index contributed by atoms with van der Waals surface area (Å²) >= 11 is 1.35. The molecule has 2 heterocycles. The molecule has 0 bridgehead atoms. The molecule has 28 heavy (non-hydrogen) atoms. The Balaban J connectivity index is 1.67. The Bertz CT molecular complexity index is 947. The van der Waals surface area contributed by atoms with E-state index in [4.69, 9.17) is 0 Å². The smallest absolute Gasteiger partial charge is 0.243 e. The number of aryl methyl sites for hydroxylation is 1. The lowest BCUT2D eigenvalue weighted by Crippen LogP contribution is -2.36. The number of carbonyl (C=O) groups is 2. The Morgan fingerprint density at radius 1 is 1.11 bits per heavy atom. The Hall–Kier alpha value is -2.03. The third kappa shape index (κ3) is 4.87. The van der Waals surface area contributed by atoms with Crippen LogP contribution in [-0.2, 0) is 14.8 Å². The van der Waals surface area contributed by atoms with Gasteiger partial charge in [-0.3, -0.25) is 9.59 Å². The van der Waals surface area contributed by atoms with Crippen molar-refractivity contribution < 1.29 is 18.0 Å². The summed E-state index contributed by atoms with van der Waals surface area (Å²) in [5.74, 6) is -0.377. The predicted octanol–water partition coefficient (Wildman–Crippen LogP) is 3.83. The number of amides is 1. The first-order valence-electron chi connectivity index (χ1n) is 9.35. The van der Waals surface area contributed by atoms with Gasteiger partial charge in [-0.15, -0.1) is 11.3 Å². The fraction of sp³-hybridized carbons (Fsp3) is 0.400. The van der Waals surface area contributed by atoms with Crippen LogP contribution in [0.4, 0.5) is 5.69 Å². The minimum Gasteiger partial charge on any atom is -0.326 e. The normalized spacial score (nSPS) is 15.3. The lowest BCUT2D eigenvalue weighted by atomic mass is 10.2. The number of nitrogens with one attached hydrogen (secondary N) is 1. The monoisotopic (exact) mass is 420 g/mol. The molecular weight excluding hydrogens is 396 g/mol. The van der Waals surface area contributed by atoms with Crippen molar-refractivity contribution >= 4 is 38.7 Å². The Morgan fingerprint density at radius 2 is 1.86 bits per heavy atom. The number of sulfonamides is 1. The maximum Gasteiger partial charge on any atom is 0.243 e. The van der Waals surface area contributed by atoms with Gasteiger partial charge in [0.15, 0.2) is 5.78 Å². The number of hydrogen-bond acceptors (Lipinski definition) is 5. The molecule has 1 saturated heterocycles. The number of hydrogen-bond donors (Lipinski definition) is 1. The van der Waals surface area contributed by atoms with Crippen molar-refractivity contribution in [1.29, 1.82) is 0 Å². The second-order valence-corrected chi connectivity index (χ2v) is 9.75. The van der Waals surface area contributed by atoms with Crippen molar-refractivity contribution in [2.75, 3.05) is 18.4 Å². The molecule has 150 valence electrons. The summed E-state index contributed by atoms with van der Waals surface area (Å²) in [7, 11) is -3.58. The lowest BCUT2D eigenvalue weighted by molar-refractivity contribution is -0.116. The van der Waals surface area contributed by atoms with E-state index in [0.717, 1.165) is 19.3 Å². The van der Waals surface area contributed by atoms with Gasteiger partial charge in [-0.1, -0.05) is 18.6 Å². The maximum absolute atomic E-state index is 13.0. The quantitative estimate of drug-likeness (QED) is 0.690. The number of benzene rings is 1. The predicted molar refractivity (Wildman–Crippen MR) is 110 cm³/mol. The first-order valence-corrected chi connectivity index (χ1v) is 11.7. The summed E-state index contributed by atoms with van der Waals surface area (Å²) in [5, 5.41) is 4.54. The number of piperidine rings is 1. The van der Waals surface area contributed by atoms with Gasteiger partial charge in [0.25, 0.3) is 0 Å². The highest BCUT2D eigenvalue weighted by atomic mass is 32.2. The molecule has 8 heteroatoms. The number of Topliss-reactive ketones (excluding diaryl/α,β-unsaturated/α-hetero) is 1. The van der Waals surface area contributed by atoms with E-state index in [1.165, 1.54) is 21.7 Å². The van der Waals surface area contributed by atoms with Crippen LogP contribution in [0.5, 0.6) is 0 Å². The highest BCUT2D eigenvalue weighted by Crippen LogP contribution is 2.26. The molecule has 2 aromatic rings. The van der Waals surface area contributed by atoms with E-state index in [9.17, 15) is 18.0 Å². The average Bonchev–Trinajstić information content (AvgIpc) is 3.23. The van der Waals surface area contributed by atoms with Crippen LogP contribution in [0.15, 0.2) is 40.6 Å². The Morgan fingerprint density at radius 3 is 2.54 bits per heavy atom. The van der Waals surface area contributed by atoms with E-state index < -0.39 is 10.0 Å². The largest absolute Gasteiger partial charge is 0.326 e. The summed E-state index contributed by atoms with van der Waals surface area (Å²) in [4.78, 5) is 25.1. The second kappa shape index (κ2) is 8.98. The molecule has 0 radical (unpaired) electrons. The lowest BCUT2D eigenvalue weighted by Gasteiger charge is -2.26. The topological polar surface area (TPSA) is 83.5 Å². The average molecular weight is 421 g/mol. The molecule has 0 saturated carbocycles. The van der Waals surface area contributed by atoms with Crippen LogP contribution in [0.1, 0.15) is 47.3 Å². The standard InChI is InChI=1S/C20H24N2O4S2/c1-15-7-8-16(14-19(15)28(25,26)22-11-3-2-4-12-22)21-20(24)10-9-17(23)18-6-5-13-27-18/h5-8,13-14H,2-4,9-12H2,1H3,(H,21,24). The number of thiophene rings is 1. The van der Waals surface area contributed by atoms with Crippen LogP contribution in [-0.4, -0.2) is 37.5 Å². The molecule has 0 spiro atoms. The molecular formula is C20H24N2O4S2. The number of anilines is 1. The summed E-state index contributed by atoms with van der Waals surface area (Å²) < 4.78 is 27.4. The molecule has 1 N–H and O–H groups in total. The van der Waals surface area contributed by atoms with Crippen molar-refractivity contribution in [3.8, 4) is 0 Å². The number of rotatable bonds is 7. The highest BCUT2D eigenvalue weighted by molar-refractivity contribution is 7.89. The van der Waals surface area contributed by atoms with Gasteiger partial charge in [-0.05, 0) is 48.9 Å². The van der Waals surface area contributed by atoms with Crippen molar-refractivity contribution in [2.24, 2.45) is 0 Å². The molecule has 6 nitrogen and oxygen atoms in total. The van der Waals surface area contributed by atoms with Gasteiger partial charge < -0.3 is 5.32 Å². The molecule has 1 amide bonds. The Kier molecular flexibility index (Phi) is 6.64. The van der Waals surface area contributed by atoms with E-state index in [-0.39, 0.29) is 29.4 Å². The van der Waals surface area contributed by atoms with E-state index in [1.807, 2.05) is 5.38 Å². The Labute approximate surface area is 169 Å². The zero-order valence-electron chi connectivity index (χ0n) is 15.8. The molecule has 1 aromatic heterocycles. The van der Waals surface area contributed by atoms with Crippen LogP contribution >= 0.6 is 11.3 Å².